The first-order chi connectivity index (χ1) is 5.99. The van der Waals surface area contributed by atoms with E-state index in [1.54, 1.807) is 0 Å². The Morgan fingerprint density at radius 1 is 1.54 bits per heavy atom. The minimum atomic E-state index is -4.74. The maximum atomic E-state index is 12.0. The Balaban J connectivity index is 3.29. The fourth-order valence-corrected chi connectivity index (χ4v) is 0.769. The molecule has 0 atom stereocenters. The van der Waals surface area contributed by atoms with Crippen LogP contribution in [0, 0.1) is 11.3 Å². The van der Waals surface area contributed by atoms with Crippen molar-refractivity contribution in [1.29, 1.82) is 5.26 Å². The molecule has 0 saturated heterocycles. The summed E-state index contributed by atoms with van der Waals surface area (Å²) < 4.78 is 40.2. The number of hydrogen-bond donors (Lipinski definition) is 0. The van der Waals surface area contributed by atoms with Gasteiger partial charge >= 0.3 is 6.18 Å². The van der Waals surface area contributed by atoms with E-state index in [0.717, 1.165) is 6.07 Å². The molecule has 1 aromatic rings. The highest BCUT2D eigenvalue weighted by Crippen LogP contribution is 2.33. The average Bonchev–Trinajstić information content (AvgIpc) is 2.46. The second-order valence-corrected chi connectivity index (χ2v) is 2.12. The summed E-state index contributed by atoms with van der Waals surface area (Å²) in [5.41, 5.74) is -0.663. The second kappa shape index (κ2) is 2.94. The van der Waals surface area contributed by atoms with Gasteiger partial charge in [-0.25, -0.2) is 0 Å². The van der Waals surface area contributed by atoms with Crippen molar-refractivity contribution in [2.45, 2.75) is 6.18 Å². The summed E-state index contributed by atoms with van der Waals surface area (Å²) in [6.45, 7) is 0. The van der Waals surface area contributed by atoms with Gasteiger partial charge in [-0.1, -0.05) is 0 Å². The molecule has 0 bridgehead atoms. The predicted molar refractivity (Wildman–Crippen MR) is 33.8 cm³/mol. The molecule has 0 aliphatic rings. The average molecular weight is 189 g/mol. The van der Waals surface area contributed by atoms with Crippen LogP contribution in [0.1, 0.15) is 21.9 Å². The van der Waals surface area contributed by atoms with Gasteiger partial charge < -0.3 is 4.42 Å². The van der Waals surface area contributed by atoms with Gasteiger partial charge in [-0.05, 0) is 0 Å². The van der Waals surface area contributed by atoms with Crippen LogP contribution >= 0.6 is 0 Å². The van der Waals surface area contributed by atoms with Crippen molar-refractivity contribution >= 4 is 6.29 Å². The molecule has 3 nitrogen and oxygen atoms in total. The van der Waals surface area contributed by atoms with Crippen molar-refractivity contribution in [1.82, 2.24) is 0 Å². The van der Waals surface area contributed by atoms with Crippen LogP contribution in [0.3, 0.4) is 0 Å². The van der Waals surface area contributed by atoms with Gasteiger partial charge in [0.25, 0.3) is 0 Å². The molecule has 0 spiro atoms. The summed E-state index contributed by atoms with van der Waals surface area (Å²) in [5, 5.41) is 8.21. The SMILES string of the molecule is N#Cc1cc(C=O)c(C(F)(F)F)o1. The summed E-state index contributed by atoms with van der Waals surface area (Å²) in [4.78, 5) is 10.1. The highest BCUT2D eigenvalue weighted by Gasteiger charge is 2.38. The minimum Gasteiger partial charge on any atom is -0.440 e. The molecule has 0 aliphatic carbocycles. The topological polar surface area (TPSA) is 54.0 Å². The van der Waals surface area contributed by atoms with Crippen LogP contribution < -0.4 is 0 Å². The third-order valence-corrected chi connectivity index (χ3v) is 1.26. The van der Waals surface area contributed by atoms with Gasteiger partial charge in [-0.2, -0.15) is 18.4 Å². The maximum absolute atomic E-state index is 12.0. The zero-order valence-electron chi connectivity index (χ0n) is 6.05. The molecule has 0 aliphatic heterocycles. The lowest BCUT2D eigenvalue weighted by Gasteiger charge is -2.01. The van der Waals surface area contributed by atoms with Crippen molar-refractivity contribution in [2.75, 3.05) is 0 Å². The third-order valence-electron chi connectivity index (χ3n) is 1.26. The number of aldehydes is 1. The predicted octanol–water partition coefficient (Wildman–Crippen LogP) is 1.98. The Morgan fingerprint density at radius 2 is 2.15 bits per heavy atom. The number of nitrogens with zero attached hydrogens (tertiary/aromatic N) is 1. The minimum absolute atomic E-state index is 0.00678. The lowest BCUT2D eigenvalue weighted by Crippen LogP contribution is -2.05. The van der Waals surface area contributed by atoms with Crippen molar-refractivity contribution in [2.24, 2.45) is 0 Å². The number of halogens is 3. The Labute approximate surface area is 70.4 Å². The van der Waals surface area contributed by atoms with E-state index in [9.17, 15) is 18.0 Å². The molecule has 6 heteroatoms. The Kier molecular flexibility index (Phi) is 2.10. The number of rotatable bonds is 1. The van der Waals surface area contributed by atoms with Gasteiger partial charge in [-0.15, -0.1) is 0 Å². The summed E-state index contributed by atoms with van der Waals surface area (Å²) in [7, 11) is 0. The zero-order chi connectivity index (χ0) is 10.1. The number of carbonyl (C=O) groups is 1. The number of hydrogen-bond acceptors (Lipinski definition) is 3. The zero-order valence-corrected chi connectivity index (χ0v) is 6.05. The molecule has 0 radical (unpaired) electrons. The number of nitriles is 1. The molecule has 0 unspecified atom stereocenters. The van der Waals surface area contributed by atoms with E-state index in [-0.39, 0.29) is 6.29 Å². The highest BCUT2D eigenvalue weighted by atomic mass is 19.4. The van der Waals surface area contributed by atoms with Crippen LogP contribution in [-0.2, 0) is 6.18 Å². The van der Waals surface area contributed by atoms with Crippen LogP contribution in [0.4, 0.5) is 13.2 Å². The highest BCUT2D eigenvalue weighted by molar-refractivity contribution is 5.77. The fraction of sp³-hybridized carbons (Fsp3) is 0.143. The first-order valence-corrected chi connectivity index (χ1v) is 3.05. The Bertz CT molecular complexity index is 372. The summed E-state index contributed by atoms with van der Waals surface area (Å²) in [6.07, 6.45) is -4.75. The van der Waals surface area contributed by atoms with E-state index in [1.165, 1.54) is 6.07 Å². The molecular formula is C7H2F3NO2. The van der Waals surface area contributed by atoms with E-state index in [4.69, 9.17) is 5.26 Å². The number of carbonyl (C=O) groups excluding carboxylic acids is 1. The van der Waals surface area contributed by atoms with Crippen molar-refractivity contribution in [3.8, 4) is 6.07 Å². The van der Waals surface area contributed by atoms with Crippen molar-refractivity contribution in [3.63, 3.8) is 0 Å². The van der Waals surface area contributed by atoms with Gasteiger partial charge in [0.2, 0.25) is 11.5 Å². The molecule has 1 aromatic heterocycles. The molecule has 0 amide bonds. The normalized spacial score (nSPS) is 10.9. The molecule has 0 fully saturated rings. The van der Waals surface area contributed by atoms with Crippen LogP contribution in [0.25, 0.3) is 0 Å². The smallest absolute Gasteiger partial charge is 0.440 e. The first kappa shape index (κ1) is 9.32. The largest absolute Gasteiger partial charge is 0.450 e. The first-order valence-electron chi connectivity index (χ1n) is 3.05. The Morgan fingerprint density at radius 3 is 2.46 bits per heavy atom. The van der Waals surface area contributed by atoms with Gasteiger partial charge in [0, 0.05) is 6.07 Å². The third kappa shape index (κ3) is 1.69. The molecular weight excluding hydrogens is 187 g/mol. The molecule has 0 aromatic carbocycles. The van der Waals surface area contributed by atoms with Crippen molar-refractivity contribution < 1.29 is 22.4 Å². The summed E-state index contributed by atoms with van der Waals surface area (Å²) >= 11 is 0. The fourth-order valence-electron chi connectivity index (χ4n) is 0.769. The standard InChI is InChI=1S/C7H2F3NO2/c8-7(9,10)6-4(3-12)1-5(2-11)13-6/h1,3H. The molecule has 68 valence electrons. The van der Waals surface area contributed by atoms with Gasteiger partial charge in [0.1, 0.15) is 6.07 Å². The van der Waals surface area contributed by atoms with Gasteiger partial charge in [0.15, 0.2) is 6.29 Å². The molecule has 1 heterocycles. The lowest BCUT2D eigenvalue weighted by atomic mass is 10.2. The van der Waals surface area contributed by atoms with Gasteiger partial charge in [-0.3, -0.25) is 4.79 Å². The quantitative estimate of drug-likeness (QED) is 0.634. The van der Waals surface area contributed by atoms with Crippen molar-refractivity contribution in [3.05, 3.63) is 23.2 Å². The molecule has 13 heavy (non-hydrogen) atoms. The maximum Gasteiger partial charge on any atom is 0.450 e. The van der Waals surface area contributed by atoms with Crippen LogP contribution in [0.5, 0.6) is 0 Å². The van der Waals surface area contributed by atoms with Crippen LogP contribution in [0.2, 0.25) is 0 Å². The summed E-state index contributed by atoms with van der Waals surface area (Å²) in [5.74, 6) is -1.96. The van der Waals surface area contributed by atoms with Crippen LogP contribution in [0.15, 0.2) is 10.5 Å². The number of furan rings is 1. The van der Waals surface area contributed by atoms with Crippen LogP contribution in [-0.4, -0.2) is 6.29 Å². The van der Waals surface area contributed by atoms with E-state index >= 15 is 0 Å². The summed E-state index contributed by atoms with van der Waals surface area (Å²) in [6, 6.07) is 2.11. The Hall–Kier alpha value is -1.77. The van der Waals surface area contributed by atoms with Gasteiger partial charge in [0.05, 0.1) is 5.56 Å². The monoisotopic (exact) mass is 189 g/mol. The second-order valence-electron chi connectivity index (χ2n) is 2.12. The van der Waals surface area contributed by atoms with E-state index in [2.05, 4.69) is 4.42 Å². The molecule has 0 saturated carbocycles. The van der Waals surface area contributed by atoms with E-state index in [0.29, 0.717) is 0 Å². The molecule has 1 rings (SSSR count). The lowest BCUT2D eigenvalue weighted by molar-refractivity contribution is -0.153. The molecule has 0 N–H and O–H groups in total. The van der Waals surface area contributed by atoms with E-state index < -0.39 is 23.3 Å². The van der Waals surface area contributed by atoms with E-state index in [1.807, 2.05) is 0 Å². The number of alkyl halides is 3.